The molecule has 0 aliphatic heterocycles. The third-order valence-electron chi connectivity index (χ3n) is 4.59. The summed E-state index contributed by atoms with van der Waals surface area (Å²) >= 11 is 0. The lowest BCUT2D eigenvalue weighted by Gasteiger charge is -2.17. The van der Waals surface area contributed by atoms with E-state index in [1.807, 2.05) is 30.3 Å². The second-order valence-corrected chi connectivity index (χ2v) is 6.02. The molecule has 0 heterocycles. The number of anilines is 2. The second-order valence-electron chi connectivity index (χ2n) is 6.02. The van der Waals surface area contributed by atoms with Crippen LogP contribution < -0.4 is 11.5 Å². The van der Waals surface area contributed by atoms with Crippen LogP contribution in [0.4, 0.5) is 11.4 Å². The van der Waals surface area contributed by atoms with E-state index >= 15 is 0 Å². The SMILES string of the molecule is Nc1ccc(C2c3ccccc3-c3ccc(C(=O)O)cc32)c(N)c1. The van der Waals surface area contributed by atoms with Gasteiger partial charge in [-0.2, -0.15) is 0 Å². The Hall–Kier alpha value is -3.27. The van der Waals surface area contributed by atoms with Crippen LogP contribution in [0.15, 0.2) is 60.7 Å². The first kappa shape index (κ1) is 14.3. The van der Waals surface area contributed by atoms with E-state index in [0.717, 1.165) is 27.8 Å². The highest BCUT2D eigenvalue weighted by atomic mass is 16.4. The summed E-state index contributed by atoms with van der Waals surface area (Å²) in [6.07, 6.45) is 0. The summed E-state index contributed by atoms with van der Waals surface area (Å²) in [6.45, 7) is 0. The van der Waals surface area contributed by atoms with E-state index in [1.165, 1.54) is 0 Å². The molecule has 5 N–H and O–H groups in total. The average molecular weight is 316 g/mol. The number of nitrogen functional groups attached to an aromatic ring is 2. The van der Waals surface area contributed by atoms with Gasteiger partial charge in [0.05, 0.1) is 5.56 Å². The standard InChI is InChI=1S/C20H16N2O2/c21-12-6-8-16(18(22)10-12)19-15-4-2-1-3-13(15)14-7-5-11(20(23)24)9-17(14)19/h1-10,19H,21-22H2,(H,23,24). The van der Waals surface area contributed by atoms with Gasteiger partial charge in [0.25, 0.3) is 0 Å². The van der Waals surface area contributed by atoms with Crippen LogP contribution in [-0.4, -0.2) is 11.1 Å². The van der Waals surface area contributed by atoms with Crippen LogP contribution in [-0.2, 0) is 0 Å². The Balaban J connectivity index is 2.00. The zero-order valence-corrected chi connectivity index (χ0v) is 12.9. The summed E-state index contributed by atoms with van der Waals surface area (Å²) in [5, 5.41) is 9.34. The zero-order valence-electron chi connectivity index (χ0n) is 12.9. The van der Waals surface area contributed by atoms with Gasteiger partial charge in [-0.15, -0.1) is 0 Å². The number of carbonyl (C=O) groups is 1. The topological polar surface area (TPSA) is 89.3 Å². The quantitative estimate of drug-likeness (QED) is 0.492. The van der Waals surface area contributed by atoms with Gasteiger partial charge >= 0.3 is 5.97 Å². The Bertz CT molecular complexity index is 979. The van der Waals surface area contributed by atoms with Crippen LogP contribution in [0.5, 0.6) is 0 Å². The van der Waals surface area contributed by atoms with Gasteiger partial charge < -0.3 is 16.6 Å². The molecule has 4 rings (SSSR count). The fourth-order valence-corrected chi connectivity index (χ4v) is 3.53. The molecule has 0 fully saturated rings. The van der Waals surface area contributed by atoms with E-state index in [4.69, 9.17) is 11.5 Å². The Morgan fingerprint density at radius 2 is 1.58 bits per heavy atom. The van der Waals surface area contributed by atoms with Crippen molar-refractivity contribution < 1.29 is 9.90 Å². The van der Waals surface area contributed by atoms with Crippen molar-refractivity contribution in [3.8, 4) is 11.1 Å². The first-order valence-electron chi connectivity index (χ1n) is 7.67. The Morgan fingerprint density at radius 3 is 2.33 bits per heavy atom. The molecule has 3 aromatic rings. The number of carboxylic acid groups (broad SMARTS) is 1. The largest absolute Gasteiger partial charge is 0.478 e. The van der Waals surface area contributed by atoms with Crippen molar-refractivity contribution in [2.75, 3.05) is 11.5 Å². The third-order valence-corrected chi connectivity index (χ3v) is 4.59. The summed E-state index contributed by atoms with van der Waals surface area (Å²) in [5.74, 6) is -1.02. The van der Waals surface area contributed by atoms with E-state index < -0.39 is 5.97 Å². The lowest BCUT2D eigenvalue weighted by atomic mass is 9.87. The predicted molar refractivity (Wildman–Crippen MR) is 95.0 cm³/mol. The maximum atomic E-state index is 11.4. The summed E-state index contributed by atoms with van der Waals surface area (Å²) in [7, 11) is 0. The minimum atomic E-state index is -0.933. The first-order valence-corrected chi connectivity index (χ1v) is 7.67. The highest BCUT2D eigenvalue weighted by Crippen LogP contribution is 2.49. The average Bonchev–Trinajstić information content (AvgIpc) is 2.89. The van der Waals surface area contributed by atoms with Gasteiger partial charge in [-0.25, -0.2) is 4.79 Å². The summed E-state index contributed by atoms with van der Waals surface area (Å²) in [4.78, 5) is 11.4. The fraction of sp³-hybridized carbons (Fsp3) is 0.0500. The smallest absolute Gasteiger partial charge is 0.335 e. The number of nitrogens with two attached hydrogens (primary N) is 2. The molecule has 0 spiro atoms. The molecule has 1 aliphatic carbocycles. The van der Waals surface area contributed by atoms with Crippen LogP contribution in [0.3, 0.4) is 0 Å². The minimum absolute atomic E-state index is 0.0869. The minimum Gasteiger partial charge on any atom is -0.478 e. The predicted octanol–water partition coefficient (Wildman–Crippen LogP) is 3.71. The van der Waals surface area contributed by atoms with Gasteiger partial charge in [0.2, 0.25) is 0 Å². The molecule has 118 valence electrons. The van der Waals surface area contributed by atoms with Crippen molar-refractivity contribution in [2.45, 2.75) is 5.92 Å². The van der Waals surface area contributed by atoms with E-state index in [2.05, 4.69) is 12.1 Å². The molecule has 0 bridgehead atoms. The van der Waals surface area contributed by atoms with Crippen LogP contribution in [0.2, 0.25) is 0 Å². The molecule has 4 heteroatoms. The van der Waals surface area contributed by atoms with E-state index in [0.29, 0.717) is 11.4 Å². The first-order chi connectivity index (χ1) is 11.6. The van der Waals surface area contributed by atoms with Gasteiger partial charge in [-0.1, -0.05) is 36.4 Å². The van der Waals surface area contributed by atoms with Crippen molar-refractivity contribution in [1.82, 2.24) is 0 Å². The van der Waals surface area contributed by atoms with Gasteiger partial charge in [0.15, 0.2) is 0 Å². The van der Waals surface area contributed by atoms with Gasteiger partial charge in [-0.05, 0) is 52.1 Å². The molecule has 0 amide bonds. The number of carboxylic acids is 1. The molecule has 4 nitrogen and oxygen atoms in total. The number of rotatable bonds is 2. The zero-order chi connectivity index (χ0) is 16.8. The van der Waals surface area contributed by atoms with E-state index in [1.54, 1.807) is 18.2 Å². The van der Waals surface area contributed by atoms with Gasteiger partial charge in [0.1, 0.15) is 0 Å². The molecule has 1 atom stereocenters. The maximum absolute atomic E-state index is 11.4. The molecule has 24 heavy (non-hydrogen) atoms. The monoisotopic (exact) mass is 316 g/mol. The Morgan fingerprint density at radius 1 is 0.833 bits per heavy atom. The normalized spacial score (nSPS) is 14.9. The number of hydrogen-bond acceptors (Lipinski definition) is 3. The third kappa shape index (κ3) is 2.04. The maximum Gasteiger partial charge on any atom is 0.335 e. The number of hydrogen-bond donors (Lipinski definition) is 3. The Kier molecular flexibility index (Phi) is 3.06. The molecular formula is C20H16N2O2. The van der Waals surface area contributed by atoms with E-state index in [-0.39, 0.29) is 11.5 Å². The molecule has 1 unspecified atom stereocenters. The summed E-state index contributed by atoms with van der Waals surface area (Å²) in [6, 6.07) is 18.9. The highest BCUT2D eigenvalue weighted by Gasteiger charge is 2.31. The molecule has 3 aromatic carbocycles. The molecule has 0 radical (unpaired) electrons. The molecule has 1 aliphatic rings. The number of aromatic carboxylic acids is 1. The lowest BCUT2D eigenvalue weighted by molar-refractivity contribution is 0.0697. The van der Waals surface area contributed by atoms with Crippen LogP contribution in [0.1, 0.15) is 33.0 Å². The van der Waals surface area contributed by atoms with Gasteiger partial charge in [-0.3, -0.25) is 0 Å². The van der Waals surface area contributed by atoms with Gasteiger partial charge in [0, 0.05) is 17.3 Å². The second kappa shape index (κ2) is 5.13. The highest BCUT2D eigenvalue weighted by molar-refractivity contribution is 5.91. The van der Waals surface area contributed by atoms with Crippen molar-refractivity contribution in [3.63, 3.8) is 0 Å². The van der Waals surface area contributed by atoms with Crippen molar-refractivity contribution in [1.29, 1.82) is 0 Å². The van der Waals surface area contributed by atoms with Crippen molar-refractivity contribution in [3.05, 3.63) is 82.9 Å². The fourth-order valence-electron chi connectivity index (χ4n) is 3.53. The van der Waals surface area contributed by atoms with Crippen molar-refractivity contribution >= 4 is 17.3 Å². The molecule has 0 aromatic heterocycles. The van der Waals surface area contributed by atoms with Crippen molar-refractivity contribution in [2.24, 2.45) is 0 Å². The number of benzene rings is 3. The Labute approximate surface area is 139 Å². The number of fused-ring (bicyclic) bond motifs is 3. The molecule has 0 saturated carbocycles. The van der Waals surface area contributed by atoms with Crippen LogP contribution >= 0.6 is 0 Å². The van der Waals surface area contributed by atoms with Crippen LogP contribution in [0, 0.1) is 0 Å². The summed E-state index contributed by atoms with van der Waals surface area (Å²) in [5.41, 5.74) is 18.8. The van der Waals surface area contributed by atoms with Crippen LogP contribution in [0.25, 0.3) is 11.1 Å². The molecular weight excluding hydrogens is 300 g/mol. The lowest BCUT2D eigenvalue weighted by Crippen LogP contribution is -2.05. The summed E-state index contributed by atoms with van der Waals surface area (Å²) < 4.78 is 0. The van der Waals surface area contributed by atoms with E-state index in [9.17, 15) is 9.90 Å². The molecule has 0 saturated heterocycles.